The zero-order valence-corrected chi connectivity index (χ0v) is 11.7. The molecule has 0 spiro atoms. The van der Waals surface area contributed by atoms with Crippen molar-refractivity contribution in [3.8, 4) is 0 Å². The van der Waals surface area contributed by atoms with Crippen LogP contribution in [0.1, 0.15) is 26.7 Å². The van der Waals surface area contributed by atoms with Crippen molar-refractivity contribution in [3.63, 3.8) is 0 Å². The van der Waals surface area contributed by atoms with E-state index >= 15 is 0 Å². The minimum absolute atomic E-state index is 0.110. The summed E-state index contributed by atoms with van der Waals surface area (Å²) in [4.78, 5) is 0. The second-order valence-corrected chi connectivity index (χ2v) is 6.61. The van der Waals surface area contributed by atoms with Crippen LogP contribution in [0.25, 0.3) is 0 Å². The summed E-state index contributed by atoms with van der Waals surface area (Å²) in [6.07, 6.45) is 2.64. The normalized spacial score (nSPS) is 45.8. The van der Waals surface area contributed by atoms with Gasteiger partial charge in [-0.25, -0.2) is 0 Å². The molecule has 3 rings (SSSR count). The lowest BCUT2D eigenvalue weighted by Gasteiger charge is -2.55. The van der Waals surface area contributed by atoms with Crippen molar-refractivity contribution < 1.29 is 14.2 Å². The van der Waals surface area contributed by atoms with Crippen LogP contribution in [0.15, 0.2) is 0 Å². The highest BCUT2D eigenvalue weighted by Crippen LogP contribution is 2.52. The monoisotopic (exact) mass is 255 g/mol. The van der Waals surface area contributed by atoms with Crippen LogP contribution in [0.3, 0.4) is 0 Å². The van der Waals surface area contributed by atoms with Gasteiger partial charge in [0.2, 0.25) is 0 Å². The fourth-order valence-electron chi connectivity index (χ4n) is 4.00. The van der Waals surface area contributed by atoms with Gasteiger partial charge in [0, 0.05) is 50.7 Å². The van der Waals surface area contributed by atoms with Crippen LogP contribution in [0.4, 0.5) is 0 Å². The molecular weight excluding hydrogens is 230 g/mol. The molecule has 1 N–H and O–H groups in total. The fourth-order valence-corrected chi connectivity index (χ4v) is 4.00. The van der Waals surface area contributed by atoms with Crippen molar-refractivity contribution in [1.82, 2.24) is 5.32 Å². The van der Waals surface area contributed by atoms with E-state index in [4.69, 9.17) is 14.2 Å². The van der Waals surface area contributed by atoms with Crippen LogP contribution in [0.5, 0.6) is 0 Å². The van der Waals surface area contributed by atoms with Gasteiger partial charge >= 0.3 is 0 Å². The lowest BCUT2D eigenvalue weighted by Crippen LogP contribution is -2.67. The number of hydrogen-bond acceptors (Lipinski definition) is 4. The van der Waals surface area contributed by atoms with E-state index in [-0.39, 0.29) is 11.0 Å². The molecule has 1 aliphatic carbocycles. The Balaban J connectivity index is 1.60. The van der Waals surface area contributed by atoms with Crippen molar-refractivity contribution in [2.75, 3.05) is 33.5 Å². The molecule has 0 amide bonds. The SMILES string of the molecule is COC1(CNC2C3CCOC3C2(C)C)CCOC1. The lowest BCUT2D eigenvalue weighted by atomic mass is 9.57. The summed E-state index contributed by atoms with van der Waals surface area (Å²) >= 11 is 0. The molecule has 2 saturated heterocycles. The third-order valence-electron chi connectivity index (χ3n) is 5.24. The van der Waals surface area contributed by atoms with Gasteiger partial charge in [-0.2, -0.15) is 0 Å². The summed E-state index contributed by atoms with van der Waals surface area (Å²) in [6.45, 7) is 7.97. The van der Waals surface area contributed by atoms with E-state index in [0.717, 1.165) is 26.2 Å². The number of rotatable bonds is 4. The Bertz CT molecular complexity index is 312. The molecular formula is C14H25NO3. The first-order valence-corrected chi connectivity index (χ1v) is 7.07. The molecule has 3 fully saturated rings. The predicted molar refractivity (Wildman–Crippen MR) is 68.6 cm³/mol. The van der Waals surface area contributed by atoms with Crippen molar-refractivity contribution >= 4 is 0 Å². The summed E-state index contributed by atoms with van der Waals surface area (Å²) in [5, 5.41) is 3.73. The second kappa shape index (κ2) is 4.44. The van der Waals surface area contributed by atoms with Crippen LogP contribution in [0, 0.1) is 11.3 Å². The summed E-state index contributed by atoms with van der Waals surface area (Å²) in [5.41, 5.74) is 0.135. The van der Waals surface area contributed by atoms with E-state index in [2.05, 4.69) is 19.2 Å². The van der Waals surface area contributed by atoms with E-state index in [9.17, 15) is 0 Å². The second-order valence-electron chi connectivity index (χ2n) is 6.61. The van der Waals surface area contributed by atoms with Gasteiger partial charge in [0.1, 0.15) is 5.60 Å². The highest BCUT2D eigenvalue weighted by Gasteiger charge is 2.59. The maximum absolute atomic E-state index is 5.82. The molecule has 2 aliphatic heterocycles. The average molecular weight is 255 g/mol. The molecule has 1 saturated carbocycles. The van der Waals surface area contributed by atoms with Crippen molar-refractivity contribution in [1.29, 1.82) is 0 Å². The van der Waals surface area contributed by atoms with Crippen LogP contribution in [-0.4, -0.2) is 51.2 Å². The number of methoxy groups -OCH3 is 1. The van der Waals surface area contributed by atoms with Gasteiger partial charge < -0.3 is 19.5 Å². The van der Waals surface area contributed by atoms with Gasteiger partial charge in [-0.05, 0) is 6.42 Å². The molecule has 0 radical (unpaired) electrons. The maximum Gasteiger partial charge on any atom is 0.106 e. The molecule has 2 heterocycles. The van der Waals surface area contributed by atoms with Gasteiger partial charge in [0.25, 0.3) is 0 Å². The van der Waals surface area contributed by atoms with Gasteiger partial charge in [0.05, 0.1) is 12.7 Å². The lowest BCUT2D eigenvalue weighted by molar-refractivity contribution is -0.119. The van der Waals surface area contributed by atoms with Gasteiger partial charge in [-0.15, -0.1) is 0 Å². The van der Waals surface area contributed by atoms with Crippen molar-refractivity contribution in [3.05, 3.63) is 0 Å². The molecule has 0 aromatic carbocycles. The van der Waals surface area contributed by atoms with E-state index < -0.39 is 0 Å². The first-order valence-electron chi connectivity index (χ1n) is 7.07. The molecule has 4 unspecified atom stereocenters. The smallest absolute Gasteiger partial charge is 0.106 e. The standard InChI is InChI=1S/C14H25NO3/c1-13(2)11(10-4-6-18-12(10)13)15-8-14(16-3)5-7-17-9-14/h10-12,15H,4-9H2,1-3H3. The first kappa shape index (κ1) is 12.9. The summed E-state index contributed by atoms with van der Waals surface area (Å²) in [6, 6.07) is 0.553. The predicted octanol–water partition coefficient (Wildman–Crippen LogP) is 1.19. The molecule has 4 atom stereocenters. The largest absolute Gasteiger partial charge is 0.378 e. The average Bonchev–Trinajstić information content (AvgIpc) is 2.97. The van der Waals surface area contributed by atoms with Crippen LogP contribution >= 0.6 is 0 Å². The first-order chi connectivity index (χ1) is 8.59. The summed E-state index contributed by atoms with van der Waals surface area (Å²) in [7, 11) is 1.80. The molecule has 4 heteroatoms. The zero-order valence-electron chi connectivity index (χ0n) is 11.7. The minimum atomic E-state index is -0.110. The Kier molecular flexibility index (Phi) is 3.17. The van der Waals surface area contributed by atoms with Gasteiger partial charge in [-0.1, -0.05) is 13.8 Å². The summed E-state index contributed by atoms with van der Waals surface area (Å²) in [5.74, 6) is 0.691. The summed E-state index contributed by atoms with van der Waals surface area (Å²) < 4.78 is 17.0. The molecule has 0 aromatic heterocycles. The third kappa shape index (κ3) is 1.82. The number of nitrogens with one attached hydrogen (secondary N) is 1. The molecule has 3 aliphatic rings. The Morgan fingerprint density at radius 1 is 1.33 bits per heavy atom. The molecule has 4 nitrogen and oxygen atoms in total. The van der Waals surface area contributed by atoms with Gasteiger partial charge in [-0.3, -0.25) is 0 Å². The molecule has 104 valence electrons. The van der Waals surface area contributed by atoms with E-state index in [1.807, 2.05) is 0 Å². The number of hydrogen-bond donors (Lipinski definition) is 1. The fraction of sp³-hybridized carbons (Fsp3) is 1.00. The molecule has 18 heavy (non-hydrogen) atoms. The van der Waals surface area contributed by atoms with Crippen molar-refractivity contribution in [2.24, 2.45) is 11.3 Å². The molecule has 0 bridgehead atoms. The van der Waals surface area contributed by atoms with E-state index in [1.165, 1.54) is 6.42 Å². The highest BCUT2D eigenvalue weighted by atomic mass is 16.5. The van der Waals surface area contributed by atoms with Gasteiger partial charge in [0.15, 0.2) is 0 Å². The van der Waals surface area contributed by atoms with Crippen LogP contribution in [-0.2, 0) is 14.2 Å². The van der Waals surface area contributed by atoms with E-state index in [1.54, 1.807) is 7.11 Å². The minimum Gasteiger partial charge on any atom is -0.378 e. The molecule has 0 aromatic rings. The number of fused-ring (bicyclic) bond motifs is 1. The third-order valence-corrected chi connectivity index (χ3v) is 5.24. The van der Waals surface area contributed by atoms with Crippen LogP contribution < -0.4 is 5.32 Å². The quantitative estimate of drug-likeness (QED) is 0.819. The Morgan fingerprint density at radius 3 is 2.83 bits per heavy atom. The Morgan fingerprint density at radius 2 is 2.17 bits per heavy atom. The Labute approximate surface area is 109 Å². The maximum atomic E-state index is 5.82. The topological polar surface area (TPSA) is 39.7 Å². The Hall–Kier alpha value is -0.160. The number of ether oxygens (including phenoxy) is 3. The van der Waals surface area contributed by atoms with Crippen LogP contribution in [0.2, 0.25) is 0 Å². The van der Waals surface area contributed by atoms with Crippen molar-refractivity contribution in [2.45, 2.75) is 44.4 Å². The zero-order chi connectivity index (χ0) is 12.8. The van der Waals surface area contributed by atoms with E-state index in [0.29, 0.717) is 24.7 Å². The highest BCUT2D eigenvalue weighted by molar-refractivity contribution is 5.11.